The third kappa shape index (κ3) is 6.40. The van der Waals surface area contributed by atoms with E-state index in [-0.39, 0.29) is 5.91 Å². The van der Waals surface area contributed by atoms with Gasteiger partial charge in [0.15, 0.2) is 5.75 Å². The third-order valence-electron chi connectivity index (χ3n) is 5.30. The molecule has 8 heteroatoms. The van der Waals surface area contributed by atoms with Gasteiger partial charge in [-0.3, -0.25) is 4.79 Å². The molecule has 33 heavy (non-hydrogen) atoms. The van der Waals surface area contributed by atoms with E-state index in [1.165, 1.54) is 19.1 Å². The molecule has 0 atom stereocenters. The van der Waals surface area contributed by atoms with Gasteiger partial charge in [-0.2, -0.15) is 5.10 Å². The van der Waals surface area contributed by atoms with Gasteiger partial charge in [0, 0.05) is 27.9 Å². The van der Waals surface area contributed by atoms with Crippen LogP contribution >= 0.6 is 45.8 Å². The van der Waals surface area contributed by atoms with Crippen LogP contribution in [0.5, 0.6) is 5.75 Å². The van der Waals surface area contributed by atoms with Gasteiger partial charge in [-0.25, -0.2) is 5.43 Å². The number of nitrogens with one attached hydrogen (secondary N) is 1. The number of rotatable bonds is 7. The standard InChI is InChI=1S/C25H22Cl2IN3O2/c26-22-13-18(14-23(27)24(22)33-16-17-3-7-20(28)8-4-17)15-29-30-25(32)19-5-9-21(10-6-19)31-11-1-2-12-31/h3-10,13-15H,1-2,11-12,16H2,(H,30,32)/b29-15-. The van der Waals surface area contributed by atoms with Crippen LogP contribution in [0.2, 0.25) is 10.0 Å². The minimum absolute atomic E-state index is 0.283. The second-order valence-corrected chi connectivity index (χ2v) is 9.73. The minimum atomic E-state index is -0.283. The number of carbonyl (C=O) groups excluding carboxylic acids is 1. The molecule has 0 spiro atoms. The van der Waals surface area contributed by atoms with E-state index in [9.17, 15) is 4.79 Å². The summed E-state index contributed by atoms with van der Waals surface area (Å²) in [5, 5.41) is 4.78. The lowest BCUT2D eigenvalue weighted by Crippen LogP contribution is -2.19. The van der Waals surface area contributed by atoms with Crippen molar-refractivity contribution in [1.82, 2.24) is 5.43 Å². The first-order valence-corrected chi connectivity index (χ1v) is 12.4. The summed E-state index contributed by atoms with van der Waals surface area (Å²) in [6, 6.07) is 19.0. The number of halogens is 3. The number of anilines is 1. The molecule has 1 aliphatic rings. The number of benzene rings is 3. The zero-order valence-electron chi connectivity index (χ0n) is 17.7. The highest BCUT2D eigenvalue weighted by Gasteiger charge is 2.13. The van der Waals surface area contributed by atoms with Crippen molar-refractivity contribution in [3.05, 3.63) is 91.0 Å². The van der Waals surface area contributed by atoms with Crippen molar-refractivity contribution < 1.29 is 9.53 Å². The first-order chi connectivity index (χ1) is 16.0. The molecule has 5 nitrogen and oxygen atoms in total. The quantitative estimate of drug-likeness (QED) is 0.192. The maximum absolute atomic E-state index is 12.4. The van der Waals surface area contributed by atoms with Crippen LogP contribution in [0.15, 0.2) is 65.8 Å². The Morgan fingerprint density at radius 2 is 1.67 bits per heavy atom. The lowest BCUT2D eigenvalue weighted by atomic mass is 10.2. The average molecular weight is 594 g/mol. The molecule has 4 rings (SSSR count). The van der Waals surface area contributed by atoms with Gasteiger partial charge < -0.3 is 9.64 Å². The van der Waals surface area contributed by atoms with Crippen LogP contribution in [0.25, 0.3) is 0 Å². The average Bonchev–Trinajstić information content (AvgIpc) is 3.35. The normalized spacial score (nSPS) is 13.5. The summed E-state index contributed by atoms with van der Waals surface area (Å²) in [5.41, 5.74) is 5.89. The molecule has 3 aromatic rings. The summed E-state index contributed by atoms with van der Waals surface area (Å²) in [6.07, 6.45) is 3.92. The molecule has 0 aromatic heterocycles. The Balaban J connectivity index is 1.34. The molecule has 0 unspecified atom stereocenters. The van der Waals surface area contributed by atoms with Crippen LogP contribution in [0.4, 0.5) is 5.69 Å². The van der Waals surface area contributed by atoms with Gasteiger partial charge in [0.05, 0.1) is 16.3 Å². The Labute approximate surface area is 216 Å². The van der Waals surface area contributed by atoms with E-state index in [1.807, 2.05) is 48.5 Å². The molecule has 1 heterocycles. The summed E-state index contributed by atoms with van der Waals surface area (Å²) in [6.45, 7) is 2.49. The summed E-state index contributed by atoms with van der Waals surface area (Å²) < 4.78 is 6.97. The Morgan fingerprint density at radius 1 is 1.03 bits per heavy atom. The van der Waals surface area contributed by atoms with Crippen LogP contribution in [-0.4, -0.2) is 25.2 Å². The molecule has 0 saturated carbocycles. The number of nitrogens with zero attached hydrogens (tertiary/aromatic N) is 2. The summed E-state index contributed by atoms with van der Waals surface area (Å²) in [7, 11) is 0. The molecular formula is C25H22Cl2IN3O2. The van der Waals surface area contributed by atoms with E-state index in [0.29, 0.717) is 33.5 Å². The van der Waals surface area contributed by atoms with Gasteiger partial charge >= 0.3 is 0 Å². The highest BCUT2D eigenvalue weighted by molar-refractivity contribution is 14.1. The fourth-order valence-corrected chi connectivity index (χ4v) is 4.53. The van der Waals surface area contributed by atoms with Crippen LogP contribution in [-0.2, 0) is 6.61 Å². The van der Waals surface area contributed by atoms with Crippen LogP contribution in [0, 0.1) is 3.57 Å². The highest BCUT2D eigenvalue weighted by atomic mass is 127. The molecule has 1 saturated heterocycles. The molecule has 1 amide bonds. The van der Waals surface area contributed by atoms with Crippen LogP contribution < -0.4 is 15.1 Å². The summed E-state index contributed by atoms with van der Waals surface area (Å²) in [5.74, 6) is 0.130. The van der Waals surface area contributed by atoms with Crippen molar-refractivity contribution in [3.63, 3.8) is 0 Å². The Kier molecular flexibility index (Phi) is 8.11. The molecule has 1 N–H and O–H groups in total. The zero-order valence-corrected chi connectivity index (χ0v) is 21.4. The van der Waals surface area contributed by atoms with E-state index >= 15 is 0 Å². The van der Waals surface area contributed by atoms with Crippen molar-refractivity contribution >= 4 is 63.6 Å². The highest BCUT2D eigenvalue weighted by Crippen LogP contribution is 2.34. The second kappa shape index (κ2) is 11.2. The number of amides is 1. The lowest BCUT2D eigenvalue weighted by Gasteiger charge is -2.17. The predicted octanol–water partition coefficient (Wildman–Crippen LogP) is 6.54. The molecule has 3 aromatic carbocycles. The van der Waals surface area contributed by atoms with Crippen molar-refractivity contribution in [2.45, 2.75) is 19.4 Å². The molecular weight excluding hydrogens is 572 g/mol. The monoisotopic (exact) mass is 593 g/mol. The molecule has 0 bridgehead atoms. The third-order valence-corrected chi connectivity index (χ3v) is 6.58. The van der Waals surface area contributed by atoms with Gasteiger partial charge in [0.25, 0.3) is 5.91 Å². The SMILES string of the molecule is O=C(N/N=C\c1cc(Cl)c(OCc2ccc(I)cc2)c(Cl)c1)c1ccc(N2CCCC2)cc1. The van der Waals surface area contributed by atoms with Crippen molar-refractivity contribution in [1.29, 1.82) is 0 Å². The molecule has 0 radical (unpaired) electrons. The number of hydrogen-bond donors (Lipinski definition) is 1. The summed E-state index contributed by atoms with van der Waals surface area (Å²) in [4.78, 5) is 14.7. The van der Waals surface area contributed by atoms with E-state index < -0.39 is 0 Å². The smallest absolute Gasteiger partial charge is 0.271 e. The fourth-order valence-electron chi connectivity index (χ4n) is 3.56. The number of hydrazone groups is 1. The first-order valence-electron chi connectivity index (χ1n) is 10.5. The molecule has 0 aliphatic carbocycles. The van der Waals surface area contributed by atoms with E-state index in [4.69, 9.17) is 27.9 Å². The first kappa shape index (κ1) is 23.9. The molecule has 1 fully saturated rings. The molecule has 1 aliphatic heterocycles. The largest absolute Gasteiger partial charge is 0.486 e. The van der Waals surface area contributed by atoms with Crippen molar-refractivity contribution in [2.24, 2.45) is 5.10 Å². The Bertz CT molecular complexity index is 1120. The summed E-state index contributed by atoms with van der Waals surface area (Å²) >= 11 is 15.0. The van der Waals surface area contributed by atoms with Gasteiger partial charge in [-0.15, -0.1) is 0 Å². The van der Waals surface area contributed by atoms with E-state index in [0.717, 1.165) is 27.9 Å². The molecule has 170 valence electrons. The fraction of sp³-hybridized carbons (Fsp3) is 0.200. The van der Waals surface area contributed by atoms with Gasteiger partial charge in [-0.1, -0.05) is 35.3 Å². The maximum Gasteiger partial charge on any atom is 0.271 e. The van der Waals surface area contributed by atoms with E-state index in [2.05, 4.69) is 38.0 Å². The Hall–Kier alpha value is -2.29. The topological polar surface area (TPSA) is 53.9 Å². The maximum atomic E-state index is 12.4. The number of ether oxygens (including phenoxy) is 1. The second-order valence-electron chi connectivity index (χ2n) is 7.67. The van der Waals surface area contributed by atoms with Gasteiger partial charge in [-0.05, 0) is 95.1 Å². The van der Waals surface area contributed by atoms with Gasteiger partial charge in [0.1, 0.15) is 6.61 Å². The van der Waals surface area contributed by atoms with E-state index in [1.54, 1.807) is 12.1 Å². The predicted molar refractivity (Wildman–Crippen MR) is 143 cm³/mol. The van der Waals surface area contributed by atoms with Crippen molar-refractivity contribution in [2.75, 3.05) is 18.0 Å². The van der Waals surface area contributed by atoms with Crippen LogP contribution in [0.3, 0.4) is 0 Å². The number of hydrogen-bond acceptors (Lipinski definition) is 4. The van der Waals surface area contributed by atoms with Crippen LogP contribution in [0.1, 0.15) is 34.3 Å². The Morgan fingerprint density at radius 3 is 2.30 bits per heavy atom. The number of carbonyl (C=O) groups is 1. The lowest BCUT2D eigenvalue weighted by molar-refractivity contribution is 0.0955. The minimum Gasteiger partial charge on any atom is -0.486 e. The van der Waals surface area contributed by atoms with Crippen molar-refractivity contribution in [3.8, 4) is 5.75 Å². The zero-order chi connectivity index (χ0) is 23.2. The van der Waals surface area contributed by atoms with Gasteiger partial charge in [0.2, 0.25) is 0 Å².